The van der Waals surface area contributed by atoms with Crippen molar-refractivity contribution in [3.05, 3.63) is 53.7 Å². The Morgan fingerprint density at radius 2 is 2.04 bits per heavy atom. The Morgan fingerprint density at radius 3 is 2.73 bits per heavy atom. The number of carbonyl (C=O) groups excluding carboxylic acids is 1. The molecule has 3 rings (SSSR count). The Hall–Kier alpha value is -2.67. The van der Waals surface area contributed by atoms with E-state index in [0.29, 0.717) is 17.6 Å². The number of nitrogens with zero attached hydrogens (tertiary/aromatic N) is 4. The van der Waals surface area contributed by atoms with Crippen molar-refractivity contribution in [1.82, 2.24) is 19.7 Å². The van der Waals surface area contributed by atoms with Crippen LogP contribution in [0, 0.1) is 13.8 Å². The van der Waals surface area contributed by atoms with Crippen LogP contribution in [0.2, 0.25) is 0 Å². The second kappa shape index (κ2) is 8.14. The van der Waals surface area contributed by atoms with Gasteiger partial charge in [0, 0.05) is 6.20 Å². The van der Waals surface area contributed by atoms with Crippen LogP contribution < -0.4 is 0 Å². The zero-order valence-corrected chi connectivity index (χ0v) is 15.8. The van der Waals surface area contributed by atoms with Gasteiger partial charge in [0.1, 0.15) is 5.69 Å². The van der Waals surface area contributed by atoms with Crippen LogP contribution in [0.3, 0.4) is 0 Å². The van der Waals surface area contributed by atoms with Crippen LogP contribution in [0.25, 0.3) is 17.2 Å². The van der Waals surface area contributed by atoms with Crippen molar-refractivity contribution in [3.8, 4) is 17.2 Å². The number of pyridine rings is 1. The van der Waals surface area contributed by atoms with Gasteiger partial charge < -0.3 is 4.74 Å². The second-order valence-corrected chi connectivity index (χ2v) is 6.68. The molecule has 1 aromatic carbocycles. The molecule has 3 aromatic rings. The summed E-state index contributed by atoms with van der Waals surface area (Å²) >= 11 is 1.31. The number of aromatic nitrogens is 4. The first kappa shape index (κ1) is 18.1. The SMILES string of the molecule is CCOC(=O)CSc1nnc(-c2ccccn2)n1-c1ccc(C)cc1C. The van der Waals surface area contributed by atoms with E-state index in [1.165, 1.54) is 17.3 Å². The summed E-state index contributed by atoms with van der Waals surface area (Å²) in [7, 11) is 0. The minimum Gasteiger partial charge on any atom is -0.465 e. The normalized spacial score (nSPS) is 10.7. The van der Waals surface area contributed by atoms with Gasteiger partial charge in [-0.1, -0.05) is 35.5 Å². The Labute approximate surface area is 156 Å². The molecular weight excluding hydrogens is 348 g/mol. The van der Waals surface area contributed by atoms with Gasteiger partial charge in [0.2, 0.25) is 0 Å². The lowest BCUT2D eigenvalue weighted by Crippen LogP contribution is -2.08. The van der Waals surface area contributed by atoms with Crippen molar-refractivity contribution >= 4 is 17.7 Å². The van der Waals surface area contributed by atoms with E-state index in [-0.39, 0.29) is 11.7 Å². The summed E-state index contributed by atoms with van der Waals surface area (Å²) in [5.41, 5.74) is 3.97. The molecule has 0 unspecified atom stereocenters. The number of carbonyl (C=O) groups is 1. The fourth-order valence-electron chi connectivity index (χ4n) is 2.62. The van der Waals surface area contributed by atoms with E-state index in [2.05, 4.69) is 28.2 Å². The van der Waals surface area contributed by atoms with E-state index in [0.717, 1.165) is 16.9 Å². The molecule has 26 heavy (non-hydrogen) atoms. The molecule has 134 valence electrons. The van der Waals surface area contributed by atoms with Gasteiger partial charge in [0.05, 0.1) is 18.0 Å². The third kappa shape index (κ3) is 3.94. The fraction of sp³-hybridized carbons (Fsp3) is 0.263. The molecule has 0 aliphatic rings. The summed E-state index contributed by atoms with van der Waals surface area (Å²) in [4.78, 5) is 16.1. The predicted molar refractivity (Wildman–Crippen MR) is 101 cm³/mol. The molecule has 0 radical (unpaired) electrons. The molecule has 0 aliphatic carbocycles. The molecule has 0 atom stereocenters. The Bertz CT molecular complexity index is 909. The Kier molecular flexibility index (Phi) is 5.68. The van der Waals surface area contributed by atoms with Crippen LogP contribution in [0.15, 0.2) is 47.8 Å². The van der Waals surface area contributed by atoms with Gasteiger partial charge in [0.25, 0.3) is 0 Å². The van der Waals surface area contributed by atoms with Crippen LogP contribution >= 0.6 is 11.8 Å². The molecule has 0 saturated heterocycles. The average molecular weight is 368 g/mol. The summed E-state index contributed by atoms with van der Waals surface area (Å²) in [6, 6.07) is 11.9. The van der Waals surface area contributed by atoms with E-state index in [4.69, 9.17) is 4.74 Å². The van der Waals surface area contributed by atoms with Crippen molar-refractivity contribution in [1.29, 1.82) is 0 Å². The van der Waals surface area contributed by atoms with Crippen molar-refractivity contribution in [3.63, 3.8) is 0 Å². The van der Waals surface area contributed by atoms with Gasteiger partial charge in [-0.3, -0.25) is 14.3 Å². The highest BCUT2D eigenvalue weighted by Gasteiger charge is 2.19. The zero-order valence-electron chi connectivity index (χ0n) is 15.0. The van der Waals surface area contributed by atoms with Crippen LogP contribution in [0.4, 0.5) is 0 Å². The third-order valence-corrected chi connectivity index (χ3v) is 4.65. The highest BCUT2D eigenvalue weighted by molar-refractivity contribution is 7.99. The topological polar surface area (TPSA) is 69.9 Å². The first-order chi connectivity index (χ1) is 12.6. The van der Waals surface area contributed by atoms with Gasteiger partial charge in [-0.05, 0) is 44.5 Å². The first-order valence-corrected chi connectivity index (χ1v) is 9.31. The minimum atomic E-state index is -0.271. The van der Waals surface area contributed by atoms with Gasteiger partial charge >= 0.3 is 5.97 Å². The third-order valence-electron chi connectivity index (χ3n) is 3.74. The maximum Gasteiger partial charge on any atom is 0.316 e. The summed E-state index contributed by atoms with van der Waals surface area (Å²) in [6.07, 6.45) is 1.72. The van der Waals surface area contributed by atoms with Crippen molar-refractivity contribution in [2.45, 2.75) is 25.9 Å². The number of ether oxygens (including phenoxy) is 1. The number of thioether (sulfide) groups is 1. The maximum atomic E-state index is 11.7. The Balaban J connectivity index is 2.05. The standard InChI is InChI=1S/C19H20N4O2S/c1-4-25-17(24)12-26-19-22-21-18(15-7-5-6-10-20-15)23(19)16-9-8-13(2)11-14(16)3/h5-11H,4,12H2,1-3H3. The van der Waals surface area contributed by atoms with Crippen LogP contribution in [0.5, 0.6) is 0 Å². The highest BCUT2D eigenvalue weighted by Crippen LogP contribution is 2.29. The molecule has 0 amide bonds. The van der Waals surface area contributed by atoms with Gasteiger partial charge in [-0.25, -0.2) is 0 Å². The quantitative estimate of drug-likeness (QED) is 0.489. The van der Waals surface area contributed by atoms with Crippen LogP contribution in [0.1, 0.15) is 18.1 Å². The van der Waals surface area contributed by atoms with Crippen molar-refractivity contribution in [2.24, 2.45) is 0 Å². The Morgan fingerprint density at radius 1 is 1.19 bits per heavy atom. The molecule has 0 spiro atoms. The lowest BCUT2D eigenvalue weighted by molar-refractivity contribution is -0.139. The molecule has 0 fully saturated rings. The summed E-state index contributed by atoms with van der Waals surface area (Å²) in [5, 5.41) is 9.25. The summed E-state index contributed by atoms with van der Waals surface area (Å²) < 4.78 is 6.96. The molecule has 7 heteroatoms. The van der Waals surface area contributed by atoms with Crippen LogP contribution in [-0.2, 0) is 9.53 Å². The van der Waals surface area contributed by atoms with E-state index >= 15 is 0 Å². The number of rotatable bonds is 6. The average Bonchev–Trinajstić information content (AvgIpc) is 3.05. The molecule has 6 nitrogen and oxygen atoms in total. The summed E-state index contributed by atoms with van der Waals surface area (Å²) in [6.45, 7) is 6.26. The number of hydrogen-bond donors (Lipinski definition) is 0. The van der Waals surface area contributed by atoms with Crippen molar-refractivity contribution in [2.75, 3.05) is 12.4 Å². The lowest BCUT2D eigenvalue weighted by atomic mass is 10.1. The molecule has 2 heterocycles. The fourth-order valence-corrected chi connectivity index (χ4v) is 3.37. The number of aryl methyl sites for hydroxylation is 2. The molecule has 0 aliphatic heterocycles. The number of hydrogen-bond acceptors (Lipinski definition) is 6. The first-order valence-electron chi connectivity index (χ1n) is 8.33. The van der Waals surface area contributed by atoms with E-state index < -0.39 is 0 Å². The van der Waals surface area contributed by atoms with Crippen LogP contribution in [-0.4, -0.2) is 38.1 Å². The zero-order chi connectivity index (χ0) is 18.5. The molecule has 2 aromatic heterocycles. The largest absolute Gasteiger partial charge is 0.465 e. The molecule has 0 N–H and O–H groups in total. The van der Waals surface area contributed by atoms with E-state index in [1.807, 2.05) is 41.8 Å². The molecule has 0 bridgehead atoms. The number of esters is 1. The van der Waals surface area contributed by atoms with Gasteiger partial charge in [0.15, 0.2) is 11.0 Å². The summed E-state index contributed by atoms with van der Waals surface area (Å²) in [5.74, 6) is 0.551. The monoisotopic (exact) mass is 368 g/mol. The molecule has 0 saturated carbocycles. The van der Waals surface area contributed by atoms with E-state index in [9.17, 15) is 4.79 Å². The highest BCUT2D eigenvalue weighted by atomic mass is 32.2. The maximum absolute atomic E-state index is 11.7. The van der Waals surface area contributed by atoms with Gasteiger partial charge in [-0.15, -0.1) is 10.2 Å². The predicted octanol–water partition coefficient (Wildman–Crippen LogP) is 3.60. The smallest absolute Gasteiger partial charge is 0.316 e. The molecular formula is C19H20N4O2S. The van der Waals surface area contributed by atoms with E-state index in [1.54, 1.807) is 13.1 Å². The van der Waals surface area contributed by atoms with Gasteiger partial charge in [-0.2, -0.15) is 0 Å². The second-order valence-electron chi connectivity index (χ2n) is 5.74. The van der Waals surface area contributed by atoms with Crippen molar-refractivity contribution < 1.29 is 9.53 Å². The lowest BCUT2D eigenvalue weighted by Gasteiger charge is -2.13. The number of benzene rings is 1. The minimum absolute atomic E-state index is 0.180.